The molecule has 0 aliphatic carbocycles. The normalized spacial score (nSPS) is 9.64. The highest BCUT2D eigenvalue weighted by Crippen LogP contribution is 2.27. The first-order valence-electron chi connectivity index (χ1n) is 4.18. The van der Waals surface area contributed by atoms with E-state index in [1.807, 2.05) is 19.1 Å². The molecule has 0 heterocycles. The van der Waals surface area contributed by atoms with Gasteiger partial charge >= 0.3 is 0 Å². The number of hydrogen-bond acceptors (Lipinski definition) is 2. The molecule has 3 nitrogen and oxygen atoms in total. The van der Waals surface area contributed by atoms with Crippen molar-refractivity contribution in [3.63, 3.8) is 0 Å². The molecule has 0 bridgehead atoms. The third-order valence-corrected chi connectivity index (χ3v) is 2.08. The van der Waals surface area contributed by atoms with Crippen molar-refractivity contribution in [1.82, 2.24) is 0 Å². The lowest BCUT2D eigenvalue weighted by Crippen LogP contribution is -2.14. The monoisotopic (exact) mass is 213 g/mol. The van der Waals surface area contributed by atoms with Gasteiger partial charge < -0.3 is 10.1 Å². The highest BCUT2D eigenvalue weighted by atomic mass is 35.5. The molecule has 0 fully saturated rings. The van der Waals surface area contributed by atoms with E-state index in [-0.39, 0.29) is 11.8 Å². The van der Waals surface area contributed by atoms with Gasteiger partial charge in [-0.05, 0) is 18.6 Å². The van der Waals surface area contributed by atoms with Gasteiger partial charge in [-0.2, -0.15) is 0 Å². The molecule has 1 aromatic carbocycles. The fourth-order valence-electron chi connectivity index (χ4n) is 1.14. The first-order valence-corrected chi connectivity index (χ1v) is 4.72. The molecule has 0 saturated carbocycles. The summed E-state index contributed by atoms with van der Waals surface area (Å²) in [6.07, 6.45) is 0. The second kappa shape index (κ2) is 4.86. The zero-order chi connectivity index (χ0) is 10.6. The number of benzene rings is 1. The van der Waals surface area contributed by atoms with E-state index in [0.29, 0.717) is 11.4 Å². The quantitative estimate of drug-likeness (QED) is 0.782. The van der Waals surface area contributed by atoms with Crippen LogP contribution in [0.3, 0.4) is 0 Å². The Morgan fingerprint density at radius 2 is 2.29 bits per heavy atom. The average molecular weight is 214 g/mol. The molecule has 76 valence electrons. The number of para-hydroxylation sites is 1. The lowest BCUT2D eigenvalue weighted by Gasteiger charge is -2.11. The summed E-state index contributed by atoms with van der Waals surface area (Å²) in [4.78, 5) is 11.1. The Bertz CT molecular complexity index is 339. The van der Waals surface area contributed by atoms with Gasteiger partial charge in [-0.25, -0.2) is 0 Å². The van der Waals surface area contributed by atoms with Gasteiger partial charge in [-0.1, -0.05) is 12.1 Å². The molecule has 1 amide bonds. The first-order chi connectivity index (χ1) is 6.69. The summed E-state index contributed by atoms with van der Waals surface area (Å²) in [5.74, 6) is 0.347. The molecular formula is C10H12ClNO2. The van der Waals surface area contributed by atoms with E-state index in [1.165, 1.54) is 0 Å². The molecule has 0 unspecified atom stereocenters. The summed E-state index contributed by atoms with van der Waals surface area (Å²) in [5.41, 5.74) is 1.63. The topological polar surface area (TPSA) is 38.3 Å². The van der Waals surface area contributed by atoms with Crippen molar-refractivity contribution in [2.45, 2.75) is 6.92 Å². The highest BCUT2D eigenvalue weighted by Gasteiger charge is 2.08. The van der Waals surface area contributed by atoms with Gasteiger partial charge in [0.1, 0.15) is 11.6 Å². The molecule has 0 spiro atoms. The number of nitrogens with one attached hydrogen (secondary N) is 1. The molecule has 0 aromatic heterocycles. The summed E-state index contributed by atoms with van der Waals surface area (Å²) in [7, 11) is 1.56. The number of amides is 1. The number of ether oxygens (including phenoxy) is 1. The van der Waals surface area contributed by atoms with Crippen molar-refractivity contribution in [2.75, 3.05) is 18.3 Å². The van der Waals surface area contributed by atoms with Crippen LogP contribution in [0.2, 0.25) is 0 Å². The maximum Gasteiger partial charge on any atom is 0.239 e. The van der Waals surface area contributed by atoms with Crippen LogP contribution in [-0.4, -0.2) is 18.9 Å². The molecule has 1 rings (SSSR count). The number of hydrogen-bond donors (Lipinski definition) is 1. The van der Waals surface area contributed by atoms with Crippen LogP contribution in [0.25, 0.3) is 0 Å². The summed E-state index contributed by atoms with van der Waals surface area (Å²) < 4.78 is 5.11. The third kappa shape index (κ3) is 2.39. The zero-order valence-corrected chi connectivity index (χ0v) is 8.89. The third-order valence-electron chi connectivity index (χ3n) is 1.84. The lowest BCUT2D eigenvalue weighted by atomic mass is 10.2. The zero-order valence-electron chi connectivity index (χ0n) is 8.13. The maximum absolute atomic E-state index is 11.1. The molecule has 4 heteroatoms. The van der Waals surface area contributed by atoms with Crippen LogP contribution < -0.4 is 10.1 Å². The highest BCUT2D eigenvalue weighted by molar-refractivity contribution is 6.29. The van der Waals surface area contributed by atoms with Gasteiger partial charge in [-0.3, -0.25) is 4.79 Å². The minimum absolute atomic E-state index is 0.0580. The van der Waals surface area contributed by atoms with E-state index < -0.39 is 0 Å². The average Bonchev–Trinajstić information content (AvgIpc) is 2.20. The smallest absolute Gasteiger partial charge is 0.239 e. The van der Waals surface area contributed by atoms with Crippen LogP contribution in [0.5, 0.6) is 5.75 Å². The number of aryl methyl sites for hydroxylation is 1. The number of carbonyl (C=O) groups excluding carboxylic acids is 1. The van der Waals surface area contributed by atoms with Gasteiger partial charge in [0.2, 0.25) is 5.91 Å². The van der Waals surface area contributed by atoms with Crippen LogP contribution in [0.4, 0.5) is 5.69 Å². The minimum atomic E-state index is -0.237. The van der Waals surface area contributed by atoms with Gasteiger partial charge in [0.25, 0.3) is 0 Å². The molecule has 14 heavy (non-hydrogen) atoms. The summed E-state index contributed by atoms with van der Waals surface area (Å²) >= 11 is 5.40. The second-order valence-corrected chi connectivity index (χ2v) is 3.10. The van der Waals surface area contributed by atoms with E-state index in [0.717, 1.165) is 5.56 Å². The van der Waals surface area contributed by atoms with E-state index in [9.17, 15) is 4.79 Å². The van der Waals surface area contributed by atoms with Crippen molar-refractivity contribution in [2.24, 2.45) is 0 Å². The lowest BCUT2D eigenvalue weighted by molar-refractivity contribution is -0.113. The summed E-state index contributed by atoms with van der Waals surface area (Å²) in [6.45, 7) is 1.90. The largest absolute Gasteiger partial charge is 0.495 e. The van der Waals surface area contributed by atoms with Gasteiger partial charge in [0.05, 0.1) is 12.8 Å². The van der Waals surface area contributed by atoms with E-state index in [2.05, 4.69) is 5.32 Å². The Hall–Kier alpha value is -1.22. The number of methoxy groups -OCH3 is 1. The Balaban J connectivity index is 2.98. The standard InChI is InChI=1S/C10H12ClNO2/c1-7-4-3-5-8(14-2)10(7)12-9(13)6-11/h3-5H,6H2,1-2H3,(H,12,13). The molecule has 0 saturated heterocycles. The van der Waals surface area contributed by atoms with Crippen molar-refractivity contribution < 1.29 is 9.53 Å². The first kappa shape index (κ1) is 10.9. The Morgan fingerprint density at radius 3 is 2.86 bits per heavy atom. The number of alkyl halides is 1. The molecular weight excluding hydrogens is 202 g/mol. The van der Waals surface area contributed by atoms with Gasteiger partial charge in [0, 0.05) is 0 Å². The maximum atomic E-state index is 11.1. The number of rotatable bonds is 3. The van der Waals surface area contributed by atoms with Crippen molar-refractivity contribution in [3.05, 3.63) is 23.8 Å². The Kier molecular flexibility index (Phi) is 3.77. The van der Waals surface area contributed by atoms with Crippen molar-refractivity contribution in [3.8, 4) is 5.75 Å². The van der Waals surface area contributed by atoms with Crippen LogP contribution in [0.15, 0.2) is 18.2 Å². The number of halogens is 1. The Labute approximate surface area is 88.0 Å². The second-order valence-electron chi connectivity index (χ2n) is 2.83. The predicted molar refractivity (Wildman–Crippen MR) is 57.1 cm³/mol. The fraction of sp³-hybridized carbons (Fsp3) is 0.300. The van der Waals surface area contributed by atoms with Crippen LogP contribution >= 0.6 is 11.6 Å². The van der Waals surface area contributed by atoms with E-state index >= 15 is 0 Å². The fourth-order valence-corrected chi connectivity index (χ4v) is 1.21. The summed E-state index contributed by atoms with van der Waals surface area (Å²) in [5, 5.41) is 2.68. The predicted octanol–water partition coefficient (Wildman–Crippen LogP) is 2.18. The number of carbonyl (C=O) groups is 1. The van der Waals surface area contributed by atoms with E-state index in [1.54, 1.807) is 13.2 Å². The molecule has 0 atom stereocenters. The summed E-state index contributed by atoms with van der Waals surface area (Å²) in [6, 6.07) is 5.55. The molecule has 0 radical (unpaired) electrons. The molecule has 1 aromatic rings. The SMILES string of the molecule is COc1cccc(C)c1NC(=O)CCl. The van der Waals surface area contributed by atoms with Crippen molar-refractivity contribution >= 4 is 23.2 Å². The number of anilines is 1. The van der Waals surface area contributed by atoms with E-state index in [4.69, 9.17) is 16.3 Å². The van der Waals surface area contributed by atoms with Crippen LogP contribution in [0, 0.1) is 6.92 Å². The van der Waals surface area contributed by atoms with Crippen LogP contribution in [-0.2, 0) is 4.79 Å². The van der Waals surface area contributed by atoms with Crippen molar-refractivity contribution in [1.29, 1.82) is 0 Å². The molecule has 1 N–H and O–H groups in total. The van der Waals surface area contributed by atoms with Gasteiger partial charge in [0.15, 0.2) is 0 Å². The Morgan fingerprint density at radius 1 is 1.57 bits per heavy atom. The molecule has 0 aliphatic rings. The van der Waals surface area contributed by atoms with Crippen LogP contribution in [0.1, 0.15) is 5.56 Å². The van der Waals surface area contributed by atoms with Gasteiger partial charge in [-0.15, -0.1) is 11.6 Å². The minimum Gasteiger partial charge on any atom is -0.495 e. The molecule has 0 aliphatic heterocycles.